The molecule has 1 N–H and O–H groups in total. The van der Waals surface area contributed by atoms with Crippen molar-refractivity contribution in [2.75, 3.05) is 6.61 Å². The molecule has 0 saturated heterocycles. The Balaban J connectivity index is 2.33. The van der Waals surface area contributed by atoms with E-state index in [0.717, 1.165) is 0 Å². The molecule has 7 nitrogen and oxygen atoms in total. The highest BCUT2D eigenvalue weighted by Crippen LogP contribution is 2.15. The van der Waals surface area contributed by atoms with Gasteiger partial charge in [-0.05, 0) is 40.7 Å². The minimum Gasteiger partial charge on any atom is -0.451 e. The van der Waals surface area contributed by atoms with Crippen LogP contribution in [0.1, 0.15) is 51.1 Å². The summed E-state index contributed by atoms with van der Waals surface area (Å²) in [6.07, 6.45) is 0. The van der Waals surface area contributed by atoms with Crippen molar-refractivity contribution in [3.05, 3.63) is 40.3 Å². The molecule has 0 aliphatic rings. The number of hydrogen-bond acceptors (Lipinski definition) is 5. The van der Waals surface area contributed by atoms with Crippen molar-refractivity contribution in [1.29, 1.82) is 0 Å². The molecule has 25 heavy (non-hydrogen) atoms. The number of aromatic nitrogens is 2. The number of hydrogen-bond donors (Lipinski definition) is 1. The largest absolute Gasteiger partial charge is 0.451 e. The molecule has 0 aliphatic carbocycles. The van der Waals surface area contributed by atoms with Crippen LogP contribution in [0.5, 0.6) is 0 Å². The monoisotopic (exact) mass is 345 g/mol. The Labute approximate surface area is 146 Å². The summed E-state index contributed by atoms with van der Waals surface area (Å²) >= 11 is 0. The van der Waals surface area contributed by atoms with E-state index >= 15 is 0 Å². The van der Waals surface area contributed by atoms with Crippen molar-refractivity contribution in [3.8, 4) is 0 Å². The second-order valence-electron chi connectivity index (χ2n) is 7.11. The summed E-state index contributed by atoms with van der Waals surface area (Å²) < 4.78 is 6.33. The summed E-state index contributed by atoms with van der Waals surface area (Å²) in [6, 6.07) is 6.50. The van der Waals surface area contributed by atoms with E-state index in [4.69, 9.17) is 4.74 Å². The first-order valence-electron chi connectivity index (χ1n) is 8.10. The lowest BCUT2D eigenvalue weighted by molar-refractivity contribution is -0.125. The lowest BCUT2D eigenvalue weighted by Crippen LogP contribution is -2.42. The summed E-state index contributed by atoms with van der Waals surface area (Å²) in [5.41, 5.74) is -0.667. The maximum Gasteiger partial charge on any atom is 0.359 e. The van der Waals surface area contributed by atoms with E-state index < -0.39 is 24.0 Å². The van der Waals surface area contributed by atoms with Crippen LogP contribution >= 0.6 is 0 Å². The van der Waals surface area contributed by atoms with Crippen molar-refractivity contribution in [3.63, 3.8) is 0 Å². The van der Waals surface area contributed by atoms with Crippen LogP contribution in [0.25, 0.3) is 10.8 Å². The van der Waals surface area contributed by atoms with Crippen LogP contribution in [0.3, 0.4) is 0 Å². The highest BCUT2D eigenvalue weighted by atomic mass is 16.5. The number of rotatable bonds is 4. The number of carbonyl (C=O) groups is 2. The lowest BCUT2D eigenvalue weighted by Gasteiger charge is -2.20. The van der Waals surface area contributed by atoms with Crippen LogP contribution < -0.4 is 10.9 Å². The van der Waals surface area contributed by atoms with E-state index in [0.29, 0.717) is 10.8 Å². The van der Waals surface area contributed by atoms with Gasteiger partial charge in [-0.25, -0.2) is 9.48 Å². The van der Waals surface area contributed by atoms with Gasteiger partial charge in [0.05, 0.1) is 11.4 Å². The summed E-state index contributed by atoms with van der Waals surface area (Å²) in [5, 5.41) is 7.65. The third kappa shape index (κ3) is 4.43. The number of ether oxygens (including phenoxy) is 1. The molecule has 1 amide bonds. The van der Waals surface area contributed by atoms with Crippen molar-refractivity contribution in [1.82, 2.24) is 15.1 Å². The predicted molar refractivity (Wildman–Crippen MR) is 94.6 cm³/mol. The summed E-state index contributed by atoms with van der Waals surface area (Å²) in [7, 11) is 0. The molecule has 0 fully saturated rings. The maximum absolute atomic E-state index is 12.5. The molecule has 1 aromatic carbocycles. The lowest BCUT2D eigenvalue weighted by atomic mass is 10.1. The summed E-state index contributed by atoms with van der Waals surface area (Å²) in [6.45, 7) is 8.69. The smallest absolute Gasteiger partial charge is 0.359 e. The SMILES string of the molecule is CC(C)n1nc(C(=O)OCC(=O)NC(C)(C)C)c2ccccc2c1=O. The summed E-state index contributed by atoms with van der Waals surface area (Å²) in [5.74, 6) is -1.14. The molecule has 0 spiro atoms. The van der Waals surface area contributed by atoms with Crippen LogP contribution in [-0.4, -0.2) is 33.8 Å². The van der Waals surface area contributed by atoms with Crippen molar-refractivity contribution >= 4 is 22.6 Å². The number of esters is 1. The van der Waals surface area contributed by atoms with Gasteiger partial charge in [0.25, 0.3) is 11.5 Å². The Morgan fingerprint density at radius 3 is 2.36 bits per heavy atom. The topological polar surface area (TPSA) is 90.3 Å². The zero-order valence-electron chi connectivity index (χ0n) is 15.1. The molecule has 0 unspecified atom stereocenters. The zero-order chi connectivity index (χ0) is 18.8. The van der Waals surface area contributed by atoms with Crippen LogP contribution in [0.15, 0.2) is 29.1 Å². The predicted octanol–water partition coefficient (Wildman–Crippen LogP) is 2.05. The average Bonchev–Trinajstić information content (AvgIpc) is 2.51. The molecular weight excluding hydrogens is 322 g/mol. The Morgan fingerprint density at radius 1 is 1.20 bits per heavy atom. The highest BCUT2D eigenvalue weighted by molar-refractivity contribution is 6.02. The first-order chi connectivity index (χ1) is 11.6. The zero-order valence-corrected chi connectivity index (χ0v) is 15.1. The van der Waals surface area contributed by atoms with Gasteiger partial charge in [0, 0.05) is 10.9 Å². The fourth-order valence-corrected chi connectivity index (χ4v) is 2.36. The van der Waals surface area contributed by atoms with E-state index in [2.05, 4.69) is 10.4 Å². The number of benzene rings is 1. The van der Waals surface area contributed by atoms with Gasteiger partial charge in [-0.2, -0.15) is 5.10 Å². The van der Waals surface area contributed by atoms with Gasteiger partial charge in [0.2, 0.25) is 0 Å². The fourth-order valence-electron chi connectivity index (χ4n) is 2.36. The normalized spacial score (nSPS) is 11.6. The number of fused-ring (bicyclic) bond motifs is 1. The molecule has 2 rings (SSSR count). The molecular formula is C18H23N3O4. The third-order valence-corrected chi connectivity index (χ3v) is 3.36. The van der Waals surface area contributed by atoms with E-state index in [1.54, 1.807) is 38.1 Å². The molecule has 1 aromatic heterocycles. The van der Waals surface area contributed by atoms with E-state index in [9.17, 15) is 14.4 Å². The van der Waals surface area contributed by atoms with Gasteiger partial charge in [-0.15, -0.1) is 0 Å². The van der Waals surface area contributed by atoms with Gasteiger partial charge in [0.15, 0.2) is 12.3 Å². The standard InChI is InChI=1S/C18H23N3O4/c1-11(2)21-16(23)13-9-7-6-8-12(13)15(20-21)17(24)25-10-14(22)19-18(3,4)5/h6-9,11H,10H2,1-5H3,(H,19,22). The molecule has 0 aliphatic heterocycles. The van der Waals surface area contributed by atoms with E-state index in [-0.39, 0.29) is 17.3 Å². The van der Waals surface area contributed by atoms with E-state index in [1.165, 1.54) is 4.68 Å². The molecule has 2 aromatic rings. The van der Waals surface area contributed by atoms with Gasteiger partial charge < -0.3 is 10.1 Å². The van der Waals surface area contributed by atoms with E-state index in [1.807, 2.05) is 20.8 Å². The first-order valence-corrected chi connectivity index (χ1v) is 8.10. The molecule has 1 heterocycles. The van der Waals surface area contributed by atoms with Crippen LogP contribution in [0.4, 0.5) is 0 Å². The number of nitrogens with one attached hydrogen (secondary N) is 1. The molecule has 134 valence electrons. The number of amides is 1. The fraction of sp³-hybridized carbons (Fsp3) is 0.444. The Kier molecular flexibility index (Phi) is 5.25. The number of nitrogens with zero attached hydrogens (tertiary/aromatic N) is 2. The third-order valence-electron chi connectivity index (χ3n) is 3.36. The molecule has 0 bridgehead atoms. The summed E-state index contributed by atoms with van der Waals surface area (Å²) in [4.78, 5) is 36.7. The van der Waals surface area contributed by atoms with Gasteiger partial charge in [-0.1, -0.05) is 18.2 Å². The Bertz CT molecular complexity index is 863. The van der Waals surface area contributed by atoms with Crippen molar-refractivity contribution in [2.24, 2.45) is 0 Å². The molecule has 0 saturated carbocycles. The van der Waals surface area contributed by atoms with Crippen LogP contribution in [0.2, 0.25) is 0 Å². The first kappa shape index (κ1) is 18.6. The van der Waals surface area contributed by atoms with Crippen LogP contribution in [-0.2, 0) is 9.53 Å². The maximum atomic E-state index is 12.5. The Hall–Kier alpha value is -2.70. The Morgan fingerprint density at radius 2 is 1.80 bits per heavy atom. The quantitative estimate of drug-likeness (QED) is 0.857. The van der Waals surface area contributed by atoms with Crippen LogP contribution in [0, 0.1) is 0 Å². The second kappa shape index (κ2) is 7.04. The van der Waals surface area contributed by atoms with Crippen molar-refractivity contribution in [2.45, 2.75) is 46.2 Å². The highest BCUT2D eigenvalue weighted by Gasteiger charge is 2.21. The number of carbonyl (C=O) groups excluding carboxylic acids is 2. The van der Waals surface area contributed by atoms with Gasteiger partial charge in [0.1, 0.15) is 0 Å². The molecule has 7 heteroatoms. The molecule has 0 atom stereocenters. The minimum absolute atomic E-state index is 0.0208. The van der Waals surface area contributed by atoms with Gasteiger partial charge >= 0.3 is 5.97 Å². The van der Waals surface area contributed by atoms with Gasteiger partial charge in [-0.3, -0.25) is 9.59 Å². The second-order valence-corrected chi connectivity index (χ2v) is 7.11. The molecule has 0 radical (unpaired) electrons. The van der Waals surface area contributed by atoms with Crippen molar-refractivity contribution < 1.29 is 14.3 Å². The average molecular weight is 345 g/mol. The minimum atomic E-state index is -0.741.